The number of rotatable bonds is 5. The SMILES string of the molecule is CN(CCOc1cccc(N)c1)c1cccc(C#N)c1. The third kappa shape index (κ3) is 3.66. The van der Waals surface area contributed by atoms with Crippen molar-refractivity contribution in [2.45, 2.75) is 0 Å². The Bertz CT molecular complexity index is 619. The quantitative estimate of drug-likeness (QED) is 0.846. The molecule has 0 aromatic heterocycles. The average molecular weight is 267 g/mol. The highest BCUT2D eigenvalue weighted by Crippen LogP contribution is 2.16. The van der Waals surface area contributed by atoms with Crippen LogP contribution < -0.4 is 15.4 Å². The molecule has 0 amide bonds. The summed E-state index contributed by atoms with van der Waals surface area (Å²) in [4.78, 5) is 2.05. The molecule has 0 heterocycles. The van der Waals surface area contributed by atoms with Gasteiger partial charge in [0.1, 0.15) is 12.4 Å². The van der Waals surface area contributed by atoms with Crippen molar-refractivity contribution in [2.75, 3.05) is 30.8 Å². The van der Waals surface area contributed by atoms with E-state index in [9.17, 15) is 0 Å². The van der Waals surface area contributed by atoms with E-state index in [4.69, 9.17) is 15.7 Å². The van der Waals surface area contributed by atoms with Crippen LogP contribution in [-0.4, -0.2) is 20.2 Å². The molecule has 102 valence electrons. The van der Waals surface area contributed by atoms with Crippen LogP contribution in [0, 0.1) is 11.3 Å². The van der Waals surface area contributed by atoms with Crippen molar-refractivity contribution in [1.29, 1.82) is 5.26 Å². The first-order valence-electron chi connectivity index (χ1n) is 6.38. The van der Waals surface area contributed by atoms with Crippen molar-refractivity contribution in [3.05, 3.63) is 54.1 Å². The number of likely N-dealkylation sites (N-methyl/N-ethyl adjacent to an activating group) is 1. The van der Waals surface area contributed by atoms with E-state index in [-0.39, 0.29) is 0 Å². The number of nitrogens with zero attached hydrogens (tertiary/aromatic N) is 2. The zero-order valence-corrected chi connectivity index (χ0v) is 11.4. The number of ether oxygens (including phenoxy) is 1. The van der Waals surface area contributed by atoms with Gasteiger partial charge in [0.15, 0.2) is 0 Å². The van der Waals surface area contributed by atoms with E-state index in [1.165, 1.54) is 0 Å². The molecule has 2 aromatic carbocycles. The number of anilines is 2. The molecule has 0 spiro atoms. The molecule has 20 heavy (non-hydrogen) atoms. The van der Waals surface area contributed by atoms with Crippen molar-refractivity contribution in [1.82, 2.24) is 0 Å². The number of nitrogens with two attached hydrogens (primary N) is 1. The van der Waals surface area contributed by atoms with Crippen molar-refractivity contribution in [3.8, 4) is 11.8 Å². The molecular weight excluding hydrogens is 250 g/mol. The maximum absolute atomic E-state index is 8.89. The highest BCUT2D eigenvalue weighted by molar-refractivity contribution is 5.50. The van der Waals surface area contributed by atoms with Crippen LogP contribution in [0.5, 0.6) is 5.75 Å². The fourth-order valence-corrected chi connectivity index (χ4v) is 1.85. The Hall–Kier alpha value is -2.67. The van der Waals surface area contributed by atoms with E-state index in [0.717, 1.165) is 18.0 Å². The van der Waals surface area contributed by atoms with Gasteiger partial charge in [-0.15, -0.1) is 0 Å². The van der Waals surface area contributed by atoms with Gasteiger partial charge in [0, 0.05) is 24.5 Å². The Morgan fingerprint density at radius 3 is 2.75 bits per heavy atom. The van der Waals surface area contributed by atoms with E-state index in [0.29, 0.717) is 17.9 Å². The molecule has 0 aliphatic rings. The second kappa shape index (κ2) is 6.48. The van der Waals surface area contributed by atoms with Gasteiger partial charge in [-0.3, -0.25) is 0 Å². The van der Waals surface area contributed by atoms with Crippen LogP contribution in [0.15, 0.2) is 48.5 Å². The topological polar surface area (TPSA) is 62.3 Å². The Labute approximate surface area is 119 Å². The summed E-state index contributed by atoms with van der Waals surface area (Å²) in [6, 6.07) is 17.0. The van der Waals surface area contributed by atoms with Gasteiger partial charge in [0.05, 0.1) is 18.2 Å². The minimum atomic E-state index is 0.552. The van der Waals surface area contributed by atoms with E-state index >= 15 is 0 Å². The smallest absolute Gasteiger partial charge is 0.121 e. The maximum Gasteiger partial charge on any atom is 0.121 e. The number of hydrogen-bond donors (Lipinski definition) is 1. The number of hydrogen-bond acceptors (Lipinski definition) is 4. The Balaban J connectivity index is 1.89. The monoisotopic (exact) mass is 267 g/mol. The number of nitriles is 1. The standard InChI is InChI=1S/C16H17N3O/c1-19(15-6-2-4-13(10-15)12-17)8-9-20-16-7-3-5-14(18)11-16/h2-7,10-11H,8-9,18H2,1H3. The van der Waals surface area contributed by atoms with Crippen LogP contribution in [0.3, 0.4) is 0 Å². The lowest BCUT2D eigenvalue weighted by atomic mass is 10.2. The fraction of sp³-hybridized carbons (Fsp3) is 0.188. The summed E-state index contributed by atoms with van der Waals surface area (Å²) >= 11 is 0. The maximum atomic E-state index is 8.89. The molecule has 0 saturated carbocycles. The molecule has 0 aliphatic carbocycles. The highest BCUT2D eigenvalue weighted by atomic mass is 16.5. The van der Waals surface area contributed by atoms with Crippen LogP contribution in [0.1, 0.15) is 5.56 Å². The Morgan fingerprint density at radius 1 is 1.20 bits per heavy atom. The minimum Gasteiger partial charge on any atom is -0.492 e. The van der Waals surface area contributed by atoms with Crippen molar-refractivity contribution in [3.63, 3.8) is 0 Å². The molecule has 0 aliphatic heterocycles. The summed E-state index contributed by atoms with van der Waals surface area (Å²) in [6.45, 7) is 1.28. The predicted octanol–water partition coefficient (Wildman–Crippen LogP) is 2.66. The normalized spacial score (nSPS) is 9.80. The van der Waals surface area contributed by atoms with Gasteiger partial charge in [0.2, 0.25) is 0 Å². The summed E-state index contributed by atoms with van der Waals surface area (Å²) in [7, 11) is 1.97. The van der Waals surface area contributed by atoms with Crippen molar-refractivity contribution < 1.29 is 4.74 Å². The Kier molecular flexibility index (Phi) is 4.46. The highest BCUT2D eigenvalue weighted by Gasteiger charge is 2.02. The van der Waals surface area contributed by atoms with Crippen molar-refractivity contribution >= 4 is 11.4 Å². The predicted molar refractivity (Wildman–Crippen MR) is 80.8 cm³/mol. The molecule has 4 heteroatoms. The zero-order valence-electron chi connectivity index (χ0n) is 11.4. The van der Waals surface area contributed by atoms with Gasteiger partial charge in [-0.05, 0) is 30.3 Å². The summed E-state index contributed by atoms with van der Waals surface area (Å²) in [6.07, 6.45) is 0. The molecule has 0 saturated heterocycles. The van der Waals surface area contributed by atoms with Gasteiger partial charge in [-0.25, -0.2) is 0 Å². The first kappa shape index (κ1) is 13.8. The van der Waals surface area contributed by atoms with E-state index < -0.39 is 0 Å². The third-order valence-electron chi connectivity index (χ3n) is 2.97. The zero-order chi connectivity index (χ0) is 14.4. The van der Waals surface area contributed by atoms with E-state index in [1.807, 2.05) is 48.3 Å². The molecule has 2 rings (SSSR count). The molecule has 2 N–H and O–H groups in total. The summed E-state index contributed by atoms with van der Waals surface area (Å²) in [5.41, 5.74) is 8.04. The minimum absolute atomic E-state index is 0.552. The molecular formula is C16H17N3O. The lowest BCUT2D eigenvalue weighted by Gasteiger charge is -2.19. The van der Waals surface area contributed by atoms with Gasteiger partial charge < -0.3 is 15.4 Å². The van der Waals surface area contributed by atoms with Crippen molar-refractivity contribution in [2.24, 2.45) is 0 Å². The number of nitrogen functional groups attached to an aromatic ring is 1. The third-order valence-corrected chi connectivity index (χ3v) is 2.97. The van der Waals surface area contributed by atoms with Crippen LogP contribution in [0.25, 0.3) is 0 Å². The second-order valence-corrected chi connectivity index (χ2v) is 4.50. The lowest BCUT2D eigenvalue weighted by Crippen LogP contribution is -2.23. The first-order valence-corrected chi connectivity index (χ1v) is 6.38. The van der Waals surface area contributed by atoms with Gasteiger partial charge in [-0.2, -0.15) is 5.26 Å². The summed E-state index contributed by atoms with van der Waals surface area (Å²) in [5, 5.41) is 8.89. The fourth-order valence-electron chi connectivity index (χ4n) is 1.85. The van der Waals surface area contributed by atoms with Gasteiger partial charge >= 0.3 is 0 Å². The van der Waals surface area contributed by atoms with E-state index in [1.54, 1.807) is 12.1 Å². The first-order chi connectivity index (χ1) is 9.69. The van der Waals surface area contributed by atoms with Gasteiger partial charge in [0.25, 0.3) is 0 Å². The van der Waals surface area contributed by atoms with Crippen LogP contribution >= 0.6 is 0 Å². The summed E-state index contributed by atoms with van der Waals surface area (Å²) < 4.78 is 5.65. The Morgan fingerprint density at radius 2 is 2.00 bits per heavy atom. The molecule has 0 fully saturated rings. The van der Waals surface area contributed by atoms with Crippen LogP contribution in [0.4, 0.5) is 11.4 Å². The molecule has 0 radical (unpaired) electrons. The lowest BCUT2D eigenvalue weighted by molar-refractivity contribution is 0.326. The molecule has 0 unspecified atom stereocenters. The van der Waals surface area contributed by atoms with E-state index in [2.05, 4.69) is 6.07 Å². The van der Waals surface area contributed by atoms with Crippen LogP contribution in [0.2, 0.25) is 0 Å². The van der Waals surface area contributed by atoms with Crippen LogP contribution in [-0.2, 0) is 0 Å². The van der Waals surface area contributed by atoms with Gasteiger partial charge in [-0.1, -0.05) is 12.1 Å². The molecule has 2 aromatic rings. The number of benzene rings is 2. The second-order valence-electron chi connectivity index (χ2n) is 4.50. The molecule has 0 atom stereocenters. The summed E-state index contributed by atoms with van der Waals surface area (Å²) in [5.74, 6) is 0.768. The largest absolute Gasteiger partial charge is 0.492 e. The average Bonchev–Trinajstić information content (AvgIpc) is 2.47. The molecule has 0 bridgehead atoms. The molecule has 4 nitrogen and oxygen atoms in total.